The number of aromatic nitrogens is 3. The van der Waals surface area contributed by atoms with E-state index in [2.05, 4.69) is 21.6 Å². The summed E-state index contributed by atoms with van der Waals surface area (Å²) in [5, 5.41) is 11.9. The zero-order chi connectivity index (χ0) is 22.5. The average molecular weight is 441 g/mol. The van der Waals surface area contributed by atoms with E-state index in [-0.39, 0.29) is 11.2 Å². The molecule has 0 radical (unpaired) electrons. The molecular weight excluding hydrogens is 416 g/mol. The number of carbonyl (C=O) groups excluding carboxylic acids is 1. The molecule has 1 amide bonds. The predicted molar refractivity (Wildman–Crippen MR) is 131 cm³/mol. The summed E-state index contributed by atoms with van der Waals surface area (Å²) in [6, 6.07) is 25.8. The lowest BCUT2D eigenvalue weighted by Gasteiger charge is -2.14. The topological polar surface area (TPSA) is 67.8 Å². The first-order chi connectivity index (χ1) is 15.5. The first kappa shape index (κ1) is 21.7. The molecule has 0 aliphatic rings. The van der Waals surface area contributed by atoms with E-state index in [1.165, 1.54) is 11.8 Å². The average Bonchev–Trinajstić information content (AvgIpc) is 2.82. The maximum Gasteiger partial charge on any atom is 0.237 e. The number of hydrogen-bond acceptors (Lipinski definition) is 5. The van der Waals surface area contributed by atoms with Gasteiger partial charge in [0.2, 0.25) is 11.1 Å². The number of benzene rings is 3. The van der Waals surface area contributed by atoms with Gasteiger partial charge in [-0.05, 0) is 32.4 Å². The van der Waals surface area contributed by atoms with Crippen LogP contribution in [0.4, 0.5) is 5.69 Å². The van der Waals surface area contributed by atoms with Gasteiger partial charge in [-0.3, -0.25) is 4.79 Å². The second kappa shape index (κ2) is 9.75. The van der Waals surface area contributed by atoms with Crippen LogP contribution < -0.4 is 5.32 Å². The molecule has 0 fully saturated rings. The van der Waals surface area contributed by atoms with E-state index in [0.29, 0.717) is 10.9 Å². The van der Waals surface area contributed by atoms with Gasteiger partial charge in [0.05, 0.1) is 5.25 Å². The van der Waals surface area contributed by atoms with Crippen molar-refractivity contribution in [1.29, 1.82) is 0 Å². The van der Waals surface area contributed by atoms with Crippen LogP contribution >= 0.6 is 11.8 Å². The summed E-state index contributed by atoms with van der Waals surface area (Å²) in [5.41, 5.74) is 6.38. The van der Waals surface area contributed by atoms with Crippen molar-refractivity contribution in [3.05, 3.63) is 90.0 Å². The van der Waals surface area contributed by atoms with Gasteiger partial charge in [0.25, 0.3) is 0 Å². The van der Waals surface area contributed by atoms with E-state index >= 15 is 0 Å². The zero-order valence-electron chi connectivity index (χ0n) is 18.2. The molecule has 1 heterocycles. The van der Waals surface area contributed by atoms with Crippen molar-refractivity contribution in [3.63, 3.8) is 0 Å². The van der Waals surface area contributed by atoms with Crippen LogP contribution in [0.15, 0.2) is 84.0 Å². The molecule has 6 heteroatoms. The lowest BCUT2D eigenvalue weighted by Crippen LogP contribution is -2.23. The third kappa shape index (κ3) is 5.03. The molecule has 5 nitrogen and oxygen atoms in total. The van der Waals surface area contributed by atoms with Gasteiger partial charge in [0, 0.05) is 16.8 Å². The Morgan fingerprint density at radius 2 is 1.47 bits per heavy atom. The molecule has 0 saturated carbocycles. The van der Waals surface area contributed by atoms with Gasteiger partial charge in [-0.15, -0.1) is 10.2 Å². The van der Waals surface area contributed by atoms with Crippen molar-refractivity contribution in [2.45, 2.75) is 31.2 Å². The molecular formula is C26H24N4OS. The van der Waals surface area contributed by atoms with Gasteiger partial charge in [0.15, 0.2) is 0 Å². The highest BCUT2D eigenvalue weighted by molar-refractivity contribution is 8.00. The van der Waals surface area contributed by atoms with Gasteiger partial charge in [-0.1, -0.05) is 90.1 Å². The number of rotatable bonds is 6. The predicted octanol–water partition coefficient (Wildman–Crippen LogP) is 5.94. The highest BCUT2D eigenvalue weighted by Crippen LogP contribution is 2.31. The fourth-order valence-corrected chi connectivity index (χ4v) is 4.06. The summed E-state index contributed by atoms with van der Waals surface area (Å²) in [4.78, 5) is 17.6. The van der Waals surface area contributed by atoms with Crippen LogP contribution in [0.2, 0.25) is 0 Å². The van der Waals surface area contributed by atoms with Crippen LogP contribution in [-0.2, 0) is 4.79 Å². The van der Waals surface area contributed by atoms with Crippen molar-refractivity contribution < 1.29 is 4.79 Å². The van der Waals surface area contributed by atoms with E-state index in [1.54, 1.807) is 0 Å². The number of carbonyl (C=O) groups is 1. The van der Waals surface area contributed by atoms with E-state index in [9.17, 15) is 4.79 Å². The first-order valence-electron chi connectivity index (χ1n) is 10.4. The Bertz CT molecular complexity index is 1230. The highest BCUT2D eigenvalue weighted by atomic mass is 32.2. The number of nitrogens with zero attached hydrogens (tertiary/aromatic N) is 3. The van der Waals surface area contributed by atoms with Gasteiger partial charge in [0.1, 0.15) is 11.4 Å². The summed E-state index contributed by atoms with van der Waals surface area (Å²) >= 11 is 1.30. The first-order valence-corrected chi connectivity index (χ1v) is 11.3. The Morgan fingerprint density at radius 1 is 0.844 bits per heavy atom. The van der Waals surface area contributed by atoms with Crippen LogP contribution in [0, 0.1) is 13.8 Å². The number of nitrogens with one attached hydrogen (secondary N) is 1. The summed E-state index contributed by atoms with van der Waals surface area (Å²) in [7, 11) is 0. The van der Waals surface area contributed by atoms with Crippen LogP contribution in [0.5, 0.6) is 0 Å². The summed E-state index contributed by atoms with van der Waals surface area (Å²) in [6.07, 6.45) is 0. The Kier molecular flexibility index (Phi) is 6.61. The molecule has 0 saturated heterocycles. The fraction of sp³-hybridized carbons (Fsp3) is 0.154. The Labute approximate surface area is 192 Å². The molecule has 0 spiro atoms. The summed E-state index contributed by atoms with van der Waals surface area (Å²) in [6.45, 7) is 5.87. The maximum atomic E-state index is 12.8. The standard InChI is InChI=1S/C26H24N4OS/c1-17-14-15-22(18(2)16-17)27-25(31)19(3)32-26-28-23(20-10-6-4-7-11-20)24(29-30-26)21-12-8-5-9-13-21/h4-16,19H,1-3H3,(H,27,31). The molecule has 1 aromatic heterocycles. The molecule has 3 aromatic carbocycles. The highest BCUT2D eigenvalue weighted by Gasteiger charge is 2.20. The van der Waals surface area contributed by atoms with Crippen molar-refractivity contribution in [2.24, 2.45) is 0 Å². The summed E-state index contributed by atoms with van der Waals surface area (Å²) < 4.78 is 0. The van der Waals surface area contributed by atoms with Crippen LogP contribution in [0.25, 0.3) is 22.5 Å². The Morgan fingerprint density at radius 3 is 2.09 bits per heavy atom. The lowest BCUT2D eigenvalue weighted by atomic mass is 10.0. The minimum absolute atomic E-state index is 0.0982. The molecule has 1 N–H and O–H groups in total. The second-order valence-electron chi connectivity index (χ2n) is 7.59. The second-order valence-corrected chi connectivity index (χ2v) is 8.90. The summed E-state index contributed by atoms with van der Waals surface area (Å²) in [5.74, 6) is -0.0982. The van der Waals surface area contributed by atoms with Crippen LogP contribution in [0.1, 0.15) is 18.1 Å². The minimum atomic E-state index is -0.385. The van der Waals surface area contributed by atoms with Crippen molar-refractivity contribution in [3.8, 4) is 22.5 Å². The Balaban J connectivity index is 1.59. The number of hydrogen-bond donors (Lipinski definition) is 1. The monoisotopic (exact) mass is 440 g/mol. The number of aryl methyl sites for hydroxylation is 2. The van der Waals surface area contributed by atoms with E-state index < -0.39 is 0 Å². The number of anilines is 1. The van der Waals surface area contributed by atoms with Crippen LogP contribution in [-0.4, -0.2) is 26.3 Å². The SMILES string of the molecule is Cc1ccc(NC(=O)C(C)Sc2nnc(-c3ccccc3)c(-c3ccccc3)n2)c(C)c1. The van der Waals surface area contributed by atoms with Crippen molar-refractivity contribution in [1.82, 2.24) is 15.2 Å². The molecule has 4 aromatic rings. The van der Waals surface area contributed by atoms with Gasteiger partial charge < -0.3 is 5.32 Å². The molecule has 160 valence electrons. The normalized spacial score (nSPS) is 11.7. The van der Waals surface area contributed by atoms with Gasteiger partial charge >= 0.3 is 0 Å². The van der Waals surface area contributed by atoms with Crippen molar-refractivity contribution in [2.75, 3.05) is 5.32 Å². The molecule has 4 rings (SSSR count). The van der Waals surface area contributed by atoms with E-state index in [0.717, 1.165) is 33.6 Å². The minimum Gasteiger partial charge on any atom is -0.325 e. The Hall–Kier alpha value is -3.51. The molecule has 1 unspecified atom stereocenters. The van der Waals surface area contributed by atoms with Crippen LogP contribution in [0.3, 0.4) is 0 Å². The molecule has 32 heavy (non-hydrogen) atoms. The van der Waals surface area contributed by atoms with Crippen molar-refractivity contribution >= 4 is 23.4 Å². The zero-order valence-corrected chi connectivity index (χ0v) is 19.1. The fourth-order valence-electron chi connectivity index (χ4n) is 3.35. The van der Waals surface area contributed by atoms with Gasteiger partial charge in [-0.2, -0.15) is 0 Å². The largest absolute Gasteiger partial charge is 0.325 e. The maximum absolute atomic E-state index is 12.8. The van der Waals surface area contributed by atoms with Gasteiger partial charge in [-0.25, -0.2) is 4.98 Å². The molecule has 1 atom stereocenters. The van der Waals surface area contributed by atoms with E-state index in [4.69, 9.17) is 4.98 Å². The lowest BCUT2D eigenvalue weighted by molar-refractivity contribution is -0.115. The third-order valence-corrected chi connectivity index (χ3v) is 6.00. The third-order valence-electron chi connectivity index (χ3n) is 5.05. The molecule has 0 bridgehead atoms. The quantitative estimate of drug-likeness (QED) is 0.376. The smallest absolute Gasteiger partial charge is 0.237 e. The number of amides is 1. The molecule has 0 aliphatic carbocycles. The number of thioether (sulfide) groups is 1. The van der Waals surface area contributed by atoms with E-state index in [1.807, 2.05) is 93.6 Å². The molecule has 0 aliphatic heterocycles.